The Kier molecular flexibility index (Phi) is 5.88. The van der Waals surface area contributed by atoms with Crippen LogP contribution in [0.2, 0.25) is 0 Å². The van der Waals surface area contributed by atoms with Crippen LogP contribution in [-0.2, 0) is 7.05 Å². The Morgan fingerprint density at radius 2 is 1.83 bits per heavy atom. The van der Waals surface area contributed by atoms with E-state index in [1.807, 2.05) is 30.1 Å². The highest BCUT2D eigenvalue weighted by molar-refractivity contribution is 5.59. The molecule has 1 aliphatic heterocycles. The third kappa shape index (κ3) is 4.53. The van der Waals surface area contributed by atoms with E-state index < -0.39 is 0 Å². The van der Waals surface area contributed by atoms with Crippen LogP contribution in [0.5, 0.6) is 0 Å². The minimum absolute atomic E-state index is 0.399. The van der Waals surface area contributed by atoms with E-state index in [1.165, 1.54) is 32.5 Å². The van der Waals surface area contributed by atoms with Crippen LogP contribution in [0.4, 0.5) is 5.82 Å². The lowest BCUT2D eigenvalue weighted by atomic mass is 9.82. The van der Waals surface area contributed by atoms with Gasteiger partial charge in [0.05, 0.1) is 11.9 Å². The van der Waals surface area contributed by atoms with Crippen LogP contribution in [0.25, 0.3) is 11.4 Å². The van der Waals surface area contributed by atoms with E-state index >= 15 is 0 Å². The summed E-state index contributed by atoms with van der Waals surface area (Å²) < 4.78 is 1.86. The minimum atomic E-state index is 0.399. The van der Waals surface area contributed by atoms with E-state index in [9.17, 15) is 0 Å². The molecule has 30 heavy (non-hydrogen) atoms. The standard InChI is InChI=1S/C24H38N6/c1-16-11-26-29(6)23(16)21-7-8-22(28-27-21)25-12-18-9-19-14-30(15-20(19)10-18)13-17(2)24(3,4)5/h7-8,11,17-20H,9-10,12-15H2,1-6H3,(H,25,28). The Bertz CT molecular complexity index is 816. The molecule has 0 aromatic carbocycles. The van der Waals surface area contributed by atoms with Gasteiger partial charge in [0.25, 0.3) is 0 Å². The fourth-order valence-corrected chi connectivity index (χ4v) is 5.22. The van der Waals surface area contributed by atoms with Crippen molar-refractivity contribution in [1.29, 1.82) is 0 Å². The Hall–Kier alpha value is -1.95. The molecule has 0 amide bonds. The summed E-state index contributed by atoms with van der Waals surface area (Å²) in [5.74, 6) is 4.13. The highest BCUT2D eigenvalue weighted by Gasteiger charge is 2.41. The number of likely N-dealkylation sites (tertiary alicyclic amines) is 1. The molecule has 0 radical (unpaired) electrons. The van der Waals surface area contributed by atoms with E-state index in [0.29, 0.717) is 5.41 Å². The summed E-state index contributed by atoms with van der Waals surface area (Å²) in [4.78, 5) is 2.72. The smallest absolute Gasteiger partial charge is 0.148 e. The molecule has 3 atom stereocenters. The summed E-state index contributed by atoms with van der Waals surface area (Å²) in [6, 6.07) is 4.08. The SMILES string of the molecule is Cc1cnn(C)c1-c1ccc(NCC2CC3CN(CC(C)C(C)(C)C)CC3C2)nn1. The van der Waals surface area contributed by atoms with Gasteiger partial charge in [0.1, 0.15) is 11.5 Å². The highest BCUT2D eigenvalue weighted by atomic mass is 15.3. The number of nitrogens with zero attached hydrogens (tertiary/aromatic N) is 5. The van der Waals surface area contributed by atoms with Crippen LogP contribution < -0.4 is 5.32 Å². The molecular formula is C24H38N6. The van der Waals surface area contributed by atoms with Crippen LogP contribution in [-0.4, -0.2) is 51.1 Å². The molecule has 2 aromatic rings. The zero-order valence-corrected chi connectivity index (χ0v) is 19.5. The fraction of sp³-hybridized carbons (Fsp3) is 0.708. The lowest BCUT2D eigenvalue weighted by Gasteiger charge is -2.31. The molecule has 1 saturated heterocycles. The van der Waals surface area contributed by atoms with E-state index in [4.69, 9.17) is 0 Å². The summed E-state index contributed by atoms with van der Waals surface area (Å²) in [7, 11) is 1.94. The zero-order valence-electron chi connectivity index (χ0n) is 19.5. The molecule has 2 aromatic heterocycles. The van der Waals surface area contributed by atoms with Crippen LogP contribution in [0.15, 0.2) is 18.3 Å². The fourth-order valence-electron chi connectivity index (χ4n) is 5.22. The van der Waals surface area contributed by atoms with Crippen molar-refractivity contribution in [2.24, 2.45) is 36.1 Å². The van der Waals surface area contributed by atoms with E-state index in [-0.39, 0.29) is 0 Å². The molecule has 3 unspecified atom stereocenters. The third-order valence-corrected chi connectivity index (χ3v) is 7.54. The first-order valence-corrected chi connectivity index (χ1v) is 11.5. The maximum atomic E-state index is 4.42. The molecule has 3 heterocycles. The van der Waals surface area contributed by atoms with Crippen molar-refractivity contribution in [1.82, 2.24) is 24.9 Å². The van der Waals surface area contributed by atoms with Gasteiger partial charge < -0.3 is 10.2 Å². The monoisotopic (exact) mass is 410 g/mol. The van der Waals surface area contributed by atoms with Crippen molar-refractivity contribution in [2.75, 3.05) is 31.5 Å². The van der Waals surface area contributed by atoms with Crippen molar-refractivity contribution in [3.8, 4) is 11.4 Å². The van der Waals surface area contributed by atoms with Gasteiger partial charge in [0, 0.05) is 33.2 Å². The van der Waals surface area contributed by atoms with Gasteiger partial charge in [-0.05, 0) is 66.5 Å². The van der Waals surface area contributed by atoms with Gasteiger partial charge >= 0.3 is 0 Å². The molecule has 164 valence electrons. The highest BCUT2D eigenvalue weighted by Crippen LogP contribution is 2.42. The topological polar surface area (TPSA) is 58.9 Å². The van der Waals surface area contributed by atoms with Crippen molar-refractivity contribution >= 4 is 5.82 Å². The number of anilines is 1. The Balaban J connectivity index is 1.25. The molecule has 2 fully saturated rings. The molecule has 1 aliphatic carbocycles. The number of rotatable bonds is 6. The summed E-state index contributed by atoms with van der Waals surface area (Å²) in [5, 5.41) is 16.7. The number of hydrogen-bond donors (Lipinski definition) is 1. The Morgan fingerprint density at radius 3 is 2.37 bits per heavy atom. The number of aromatic nitrogens is 4. The molecule has 0 bridgehead atoms. The third-order valence-electron chi connectivity index (χ3n) is 7.54. The van der Waals surface area contributed by atoms with E-state index in [0.717, 1.165) is 53.0 Å². The number of hydrogen-bond acceptors (Lipinski definition) is 5. The molecule has 1 saturated carbocycles. The van der Waals surface area contributed by atoms with Gasteiger partial charge in [-0.3, -0.25) is 4.68 Å². The van der Waals surface area contributed by atoms with Gasteiger partial charge in [0.2, 0.25) is 0 Å². The van der Waals surface area contributed by atoms with Gasteiger partial charge in [-0.25, -0.2) is 0 Å². The lowest BCUT2D eigenvalue weighted by Crippen LogP contribution is -2.33. The Morgan fingerprint density at radius 1 is 1.13 bits per heavy atom. The molecule has 6 heteroatoms. The normalized spacial score (nSPS) is 25.5. The van der Waals surface area contributed by atoms with Gasteiger partial charge in [-0.1, -0.05) is 27.7 Å². The van der Waals surface area contributed by atoms with Crippen molar-refractivity contribution < 1.29 is 0 Å². The average Bonchev–Trinajstić information content (AvgIpc) is 3.33. The first kappa shape index (κ1) is 21.3. The average molecular weight is 411 g/mol. The Labute approximate surface area is 181 Å². The molecule has 2 aliphatic rings. The van der Waals surface area contributed by atoms with Crippen LogP contribution in [0.3, 0.4) is 0 Å². The minimum Gasteiger partial charge on any atom is -0.368 e. The van der Waals surface area contributed by atoms with Crippen molar-refractivity contribution in [3.63, 3.8) is 0 Å². The second-order valence-electron chi connectivity index (χ2n) is 10.8. The van der Waals surface area contributed by atoms with Crippen LogP contribution in [0.1, 0.15) is 46.1 Å². The largest absolute Gasteiger partial charge is 0.368 e. The lowest BCUT2D eigenvalue weighted by molar-refractivity contribution is 0.173. The zero-order chi connectivity index (χ0) is 21.5. The van der Waals surface area contributed by atoms with Crippen LogP contribution in [0, 0.1) is 36.0 Å². The van der Waals surface area contributed by atoms with E-state index in [1.54, 1.807) is 0 Å². The second-order valence-corrected chi connectivity index (χ2v) is 10.8. The molecular weight excluding hydrogens is 372 g/mol. The summed E-state index contributed by atoms with van der Waals surface area (Å²) in [6.45, 7) is 16.4. The van der Waals surface area contributed by atoms with Crippen molar-refractivity contribution in [3.05, 3.63) is 23.9 Å². The first-order valence-electron chi connectivity index (χ1n) is 11.5. The molecule has 1 N–H and O–H groups in total. The predicted octanol–water partition coefficient (Wildman–Crippen LogP) is 4.24. The second kappa shape index (κ2) is 8.29. The summed E-state index contributed by atoms with van der Waals surface area (Å²) >= 11 is 0. The molecule has 6 nitrogen and oxygen atoms in total. The quantitative estimate of drug-likeness (QED) is 0.772. The van der Waals surface area contributed by atoms with Gasteiger partial charge in [-0.2, -0.15) is 5.10 Å². The summed E-state index contributed by atoms with van der Waals surface area (Å²) in [5.41, 5.74) is 3.42. The number of nitrogens with one attached hydrogen (secondary N) is 1. The maximum absolute atomic E-state index is 4.42. The van der Waals surface area contributed by atoms with E-state index in [2.05, 4.69) is 60.1 Å². The van der Waals surface area contributed by atoms with Gasteiger partial charge in [0.15, 0.2) is 0 Å². The van der Waals surface area contributed by atoms with Gasteiger partial charge in [-0.15, -0.1) is 10.2 Å². The predicted molar refractivity (Wildman–Crippen MR) is 122 cm³/mol. The number of aryl methyl sites for hydroxylation is 2. The maximum Gasteiger partial charge on any atom is 0.148 e. The van der Waals surface area contributed by atoms with Crippen molar-refractivity contribution in [2.45, 2.75) is 47.5 Å². The first-order chi connectivity index (χ1) is 14.2. The number of fused-ring (bicyclic) bond motifs is 1. The molecule has 4 rings (SSSR count). The van der Waals surface area contributed by atoms with Crippen LogP contribution >= 0.6 is 0 Å². The summed E-state index contributed by atoms with van der Waals surface area (Å²) in [6.07, 6.45) is 4.56. The molecule has 0 spiro atoms.